The number of carbonyl (C=O) groups is 1. The van der Waals surface area contributed by atoms with Gasteiger partial charge in [-0.05, 0) is 25.3 Å². The van der Waals surface area contributed by atoms with Crippen LogP contribution in [-0.4, -0.2) is 17.0 Å². The van der Waals surface area contributed by atoms with E-state index in [0.717, 1.165) is 12.5 Å². The Morgan fingerprint density at radius 1 is 1.50 bits per heavy atom. The average molecular weight is 204 g/mol. The van der Waals surface area contributed by atoms with Crippen LogP contribution in [0.25, 0.3) is 0 Å². The normalized spacial score (nSPS) is 28.9. The lowest BCUT2D eigenvalue weighted by Crippen LogP contribution is -2.28. The fraction of sp³-hybridized carbons (Fsp3) is 0.700. The first-order valence-corrected chi connectivity index (χ1v) is 4.79. The monoisotopic (exact) mass is 204 g/mol. The lowest BCUT2D eigenvalue weighted by molar-refractivity contribution is -0.141. The molecule has 0 aromatic rings. The van der Waals surface area contributed by atoms with Crippen LogP contribution in [-0.2, 0) is 4.79 Å². The Morgan fingerprint density at radius 3 is 2.86 bits per heavy atom. The molecule has 0 saturated heterocycles. The van der Waals surface area contributed by atoms with E-state index in [9.17, 15) is 13.6 Å². The fourth-order valence-electron chi connectivity index (χ4n) is 1.67. The van der Waals surface area contributed by atoms with E-state index in [-0.39, 0.29) is 0 Å². The Bertz CT molecular complexity index is 236. The van der Waals surface area contributed by atoms with E-state index in [4.69, 9.17) is 5.11 Å². The van der Waals surface area contributed by atoms with Crippen molar-refractivity contribution in [1.82, 2.24) is 0 Å². The van der Waals surface area contributed by atoms with Crippen molar-refractivity contribution >= 4 is 5.97 Å². The molecule has 14 heavy (non-hydrogen) atoms. The van der Waals surface area contributed by atoms with Crippen LogP contribution >= 0.6 is 0 Å². The molecule has 0 heterocycles. The van der Waals surface area contributed by atoms with Gasteiger partial charge < -0.3 is 5.11 Å². The summed E-state index contributed by atoms with van der Waals surface area (Å²) in [5.74, 6) is -5.15. The Labute approximate surface area is 81.6 Å². The van der Waals surface area contributed by atoms with Crippen LogP contribution in [0.1, 0.15) is 32.1 Å². The molecule has 1 aliphatic rings. The lowest BCUT2D eigenvalue weighted by atomic mass is 9.89. The third kappa shape index (κ3) is 3.09. The predicted octanol–water partition coefficient (Wildman–Crippen LogP) is 2.84. The van der Waals surface area contributed by atoms with Crippen LogP contribution in [0.2, 0.25) is 0 Å². The quantitative estimate of drug-likeness (QED) is 0.702. The maximum atomic E-state index is 13.3. The van der Waals surface area contributed by atoms with Gasteiger partial charge in [-0.3, -0.25) is 4.79 Å². The topological polar surface area (TPSA) is 37.3 Å². The number of alkyl halides is 2. The van der Waals surface area contributed by atoms with Crippen molar-refractivity contribution in [2.45, 2.75) is 38.0 Å². The number of hydrogen-bond donors (Lipinski definition) is 1. The molecule has 0 spiro atoms. The van der Waals surface area contributed by atoms with E-state index in [2.05, 4.69) is 0 Å². The summed E-state index contributed by atoms with van der Waals surface area (Å²) < 4.78 is 26.6. The molecule has 80 valence electrons. The minimum absolute atomic E-state index is 0.295. The molecule has 2 nitrogen and oxygen atoms in total. The number of aliphatic carboxylic acids is 1. The summed E-state index contributed by atoms with van der Waals surface area (Å²) in [6, 6.07) is 0. The van der Waals surface area contributed by atoms with Crippen LogP contribution in [0, 0.1) is 5.92 Å². The number of carboxylic acid groups (broad SMARTS) is 1. The molecule has 1 N–H and O–H groups in total. The number of hydrogen-bond acceptors (Lipinski definition) is 1. The minimum atomic E-state index is -2.96. The van der Waals surface area contributed by atoms with Gasteiger partial charge in [0.25, 0.3) is 5.92 Å². The third-order valence-corrected chi connectivity index (χ3v) is 2.48. The number of allylic oxidation sites excluding steroid dienone is 2. The summed E-state index contributed by atoms with van der Waals surface area (Å²) in [5.41, 5.74) is 0. The first kappa shape index (κ1) is 11.1. The van der Waals surface area contributed by atoms with Gasteiger partial charge in [0.2, 0.25) is 0 Å². The molecule has 0 amide bonds. The molecule has 4 heteroatoms. The molecule has 1 unspecified atom stereocenters. The van der Waals surface area contributed by atoms with Crippen LogP contribution < -0.4 is 0 Å². The summed E-state index contributed by atoms with van der Waals surface area (Å²) in [4.78, 5) is 10.4. The first-order chi connectivity index (χ1) is 6.52. The number of carboxylic acids is 1. The van der Waals surface area contributed by atoms with Crippen LogP contribution in [0.4, 0.5) is 8.78 Å². The zero-order chi connectivity index (χ0) is 10.6. The van der Waals surface area contributed by atoms with Crippen molar-refractivity contribution in [1.29, 1.82) is 0 Å². The molecule has 1 aliphatic carbocycles. The fourth-order valence-corrected chi connectivity index (χ4v) is 1.67. The summed E-state index contributed by atoms with van der Waals surface area (Å²) >= 11 is 0. The minimum Gasteiger partial charge on any atom is -0.481 e. The third-order valence-electron chi connectivity index (χ3n) is 2.48. The highest BCUT2D eigenvalue weighted by molar-refractivity contribution is 5.67. The second-order valence-electron chi connectivity index (χ2n) is 3.66. The zero-order valence-electron chi connectivity index (χ0n) is 7.88. The molecular formula is C10H14F2O2. The van der Waals surface area contributed by atoms with Crippen LogP contribution in [0.5, 0.6) is 0 Å². The second-order valence-corrected chi connectivity index (χ2v) is 3.66. The molecule has 1 atom stereocenters. The molecule has 0 saturated carbocycles. The van der Waals surface area contributed by atoms with Gasteiger partial charge in [-0.25, -0.2) is 8.78 Å². The largest absolute Gasteiger partial charge is 0.481 e. The molecule has 0 bridgehead atoms. The maximum Gasteiger partial charge on any atom is 0.303 e. The average Bonchev–Trinajstić information content (AvgIpc) is 2.05. The highest BCUT2D eigenvalue weighted by Gasteiger charge is 2.38. The van der Waals surface area contributed by atoms with Crippen molar-refractivity contribution in [2.24, 2.45) is 5.92 Å². The molecule has 1 rings (SSSR count). The van der Waals surface area contributed by atoms with Gasteiger partial charge >= 0.3 is 5.97 Å². The standard InChI is InChI=1S/C10H14F2O2/c11-10(12)6-4-2-1-3-5-8(10)7-9(13)14/h4,6,8H,1-3,5,7H2,(H,13,14)/b6-4-. The van der Waals surface area contributed by atoms with E-state index in [0.29, 0.717) is 19.3 Å². The smallest absolute Gasteiger partial charge is 0.303 e. The summed E-state index contributed by atoms with van der Waals surface area (Å²) in [6.07, 6.45) is 4.37. The molecular weight excluding hydrogens is 190 g/mol. The van der Waals surface area contributed by atoms with Gasteiger partial charge in [-0.1, -0.05) is 12.5 Å². The molecule has 0 radical (unpaired) electrons. The van der Waals surface area contributed by atoms with Gasteiger partial charge in [-0.15, -0.1) is 0 Å². The SMILES string of the molecule is O=C(O)CC1CCCC/C=C\C1(F)F. The van der Waals surface area contributed by atoms with Crippen LogP contribution in [0.3, 0.4) is 0 Å². The molecule has 0 aromatic carbocycles. The number of rotatable bonds is 2. The first-order valence-electron chi connectivity index (χ1n) is 4.79. The Hall–Kier alpha value is -0.930. The Kier molecular flexibility index (Phi) is 3.61. The Balaban J connectivity index is 2.71. The summed E-state index contributed by atoms with van der Waals surface area (Å²) in [6.45, 7) is 0. The highest BCUT2D eigenvalue weighted by atomic mass is 19.3. The van der Waals surface area contributed by atoms with Gasteiger partial charge in [0, 0.05) is 5.92 Å². The van der Waals surface area contributed by atoms with Gasteiger partial charge in [0.05, 0.1) is 6.42 Å². The predicted molar refractivity (Wildman–Crippen MR) is 48.3 cm³/mol. The van der Waals surface area contributed by atoms with Gasteiger partial charge in [0.1, 0.15) is 0 Å². The number of halogens is 2. The molecule has 0 fully saturated rings. The Morgan fingerprint density at radius 2 is 2.21 bits per heavy atom. The van der Waals surface area contributed by atoms with Gasteiger partial charge in [0.15, 0.2) is 0 Å². The van der Waals surface area contributed by atoms with Crippen molar-refractivity contribution in [3.63, 3.8) is 0 Å². The van der Waals surface area contributed by atoms with Crippen molar-refractivity contribution in [3.8, 4) is 0 Å². The summed E-state index contributed by atoms with van der Waals surface area (Å²) in [5, 5.41) is 8.50. The van der Waals surface area contributed by atoms with E-state index < -0.39 is 24.2 Å². The maximum absolute atomic E-state index is 13.3. The van der Waals surface area contributed by atoms with E-state index in [1.54, 1.807) is 0 Å². The molecule has 0 aromatic heterocycles. The van der Waals surface area contributed by atoms with Crippen LogP contribution in [0.15, 0.2) is 12.2 Å². The second kappa shape index (κ2) is 4.53. The molecule has 0 aliphatic heterocycles. The zero-order valence-corrected chi connectivity index (χ0v) is 7.88. The van der Waals surface area contributed by atoms with Crippen molar-refractivity contribution < 1.29 is 18.7 Å². The van der Waals surface area contributed by atoms with Crippen molar-refractivity contribution in [2.75, 3.05) is 0 Å². The summed E-state index contributed by atoms with van der Waals surface area (Å²) in [7, 11) is 0. The van der Waals surface area contributed by atoms with E-state index in [1.165, 1.54) is 6.08 Å². The van der Waals surface area contributed by atoms with E-state index in [1.807, 2.05) is 0 Å². The highest BCUT2D eigenvalue weighted by Crippen LogP contribution is 2.34. The van der Waals surface area contributed by atoms with Gasteiger partial charge in [-0.2, -0.15) is 0 Å². The van der Waals surface area contributed by atoms with Crippen molar-refractivity contribution in [3.05, 3.63) is 12.2 Å². The lowest BCUT2D eigenvalue weighted by Gasteiger charge is -2.24. The van der Waals surface area contributed by atoms with E-state index >= 15 is 0 Å².